The first-order valence-electron chi connectivity index (χ1n) is 5.83. The lowest BCUT2D eigenvalue weighted by molar-refractivity contribution is 0.402. The molecule has 84 valence electrons. The minimum atomic E-state index is -0.155. The first-order chi connectivity index (χ1) is 7.69. The normalized spacial score (nSPS) is 18.9. The molecule has 2 heteroatoms. The van der Waals surface area contributed by atoms with E-state index in [1.165, 1.54) is 5.56 Å². The fraction of sp³-hybridized carbons (Fsp3) is 0.500. The summed E-state index contributed by atoms with van der Waals surface area (Å²) >= 11 is 0. The van der Waals surface area contributed by atoms with Crippen molar-refractivity contribution in [2.24, 2.45) is 10.9 Å². The lowest BCUT2D eigenvalue weighted by Gasteiger charge is -2.26. The Kier molecular flexibility index (Phi) is 2.93. The minimum absolute atomic E-state index is 0.155. The number of benzene rings is 1. The van der Waals surface area contributed by atoms with Crippen LogP contribution in [0.3, 0.4) is 0 Å². The van der Waals surface area contributed by atoms with Crippen molar-refractivity contribution < 1.29 is 4.79 Å². The molecule has 0 aromatic heterocycles. The summed E-state index contributed by atoms with van der Waals surface area (Å²) < 4.78 is 0. The molecule has 0 radical (unpaired) electrons. The number of hydrogen-bond acceptors (Lipinski definition) is 2. The van der Waals surface area contributed by atoms with E-state index in [0.29, 0.717) is 11.8 Å². The van der Waals surface area contributed by atoms with E-state index in [4.69, 9.17) is 0 Å². The third-order valence-electron chi connectivity index (χ3n) is 3.43. The van der Waals surface area contributed by atoms with Crippen LogP contribution in [0, 0.1) is 5.92 Å². The molecule has 1 unspecified atom stereocenters. The van der Waals surface area contributed by atoms with Gasteiger partial charge in [0.25, 0.3) is 0 Å². The van der Waals surface area contributed by atoms with Gasteiger partial charge in [0.1, 0.15) is 0 Å². The van der Waals surface area contributed by atoms with Gasteiger partial charge in [-0.05, 0) is 24.3 Å². The molecule has 1 atom stereocenters. The Labute approximate surface area is 96.4 Å². The van der Waals surface area contributed by atoms with Gasteiger partial charge in [-0.15, -0.1) is 0 Å². The number of nitrogens with zero attached hydrogens (tertiary/aromatic N) is 1. The van der Waals surface area contributed by atoms with Crippen LogP contribution in [0.1, 0.15) is 38.2 Å². The van der Waals surface area contributed by atoms with Crippen LogP contribution in [0.2, 0.25) is 0 Å². The van der Waals surface area contributed by atoms with E-state index in [9.17, 15) is 4.79 Å². The average Bonchev–Trinajstić information content (AvgIpc) is 3.00. The van der Waals surface area contributed by atoms with Gasteiger partial charge < -0.3 is 0 Å². The maximum Gasteiger partial charge on any atom is 0.235 e. The zero-order chi connectivity index (χ0) is 11.6. The van der Waals surface area contributed by atoms with Crippen molar-refractivity contribution in [3.63, 3.8) is 0 Å². The van der Waals surface area contributed by atoms with Crippen LogP contribution in [-0.4, -0.2) is 11.6 Å². The van der Waals surface area contributed by atoms with Gasteiger partial charge in [-0.25, -0.2) is 4.79 Å². The van der Waals surface area contributed by atoms with E-state index >= 15 is 0 Å². The molecule has 1 aliphatic carbocycles. The van der Waals surface area contributed by atoms with Crippen LogP contribution in [0.4, 0.5) is 0 Å². The maximum atomic E-state index is 10.5. The zero-order valence-electron chi connectivity index (χ0n) is 9.81. The summed E-state index contributed by atoms with van der Waals surface area (Å²) in [4.78, 5) is 14.6. The van der Waals surface area contributed by atoms with Crippen molar-refractivity contribution in [1.29, 1.82) is 0 Å². The molecule has 2 rings (SSSR count). The van der Waals surface area contributed by atoms with Gasteiger partial charge in [0.05, 0.1) is 5.54 Å². The third kappa shape index (κ3) is 1.94. The van der Waals surface area contributed by atoms with Gasteiger partial charge in [0.15, 0.2) is 0 Å². The molecule has 1 aromatic rings. The zero-order valence-corrected chi connectivity index (χ0v) is 9.81. The van der Waals surface area contributed by atoms with Crippen LogP contribution < -0.4 is 0 Å². The molecule has 0 spiro atoms. The highest BCUT2D eigenvalue weighted by Gasteiger charge is 2.51. The first kappa shape index (κ1) is 11.1. The number of carbonyl (C=O) groups excluding carboxylic acids is 1. The summed E-state index contributed by atoms with van der Waals surface area (Å²) in [6, 6.07) is 10.4. The predicted molar refractivity (Wildman–Crippen MR) is 64.1 cm³/mol. The molecule has 1 aliphatic rings. The van der Waals surface area contributed by atoms with Gasteiger partial charge in [-0.2, -0.15) is 4.99 Å². The Morgan fingerprint density at radius 2 is 1.88 bits per heavy atom. The highest BCUT2D eigenvalue weighted by Crippen LogP contribution is 2.53. The van der Waals surface area contributed by atoms with Crippen LogP contribution >= 0.6 is 0 Å². The van der Waals surface area contributed by atoms with Gasteiger partial charge in [0.2, 0.25) is 6.08 Å². The van der Waals surface area contributed by atoms with Crippen molar-refractivity contribution in [3.8, 4) is 0 Å². The Bertz CT molecular complexity index is 400. The number of hydrogen-bond donors (Lipinski definition) is 0. The molecule has 16 heavy (non-hydrogen) atoms. The fourth-order valence-electron chi connectivity index (χ4n) is 2.69. The summed E-state index contributed by atoms with van der Waals surface area (Å²) in [7, 11) is 0. The molecule has 1 fully saturated rings. The monoisotopic (exact) mass is 215 g/mol. The Hall–Kier alpha value is -1.40. The van der Waals surface area contributed by atoms with Gasteiger partial charge in [-0.3, -0.25) is 0 Å². The SMILES string of the molecule is CC(C)C(c1ccccc1)C1(N=C=O)CC1. The highest BCUT2D eigenvalue weighted by molar-refractivity contribution is 5.39. The predicted octanol–water partition coefficient (Wildman–Crippen LogP) is 3.29. The number of rotatable bonds is 4. The van der Waals surface area contributed by atoms with E-state index < -0.39 is 0 Å². The van der Waals surface area contributed by atoms with Crippen molar-refractivity contribution in [2.75, 3.05) is 0 Å². The summed E-state index contributed by atoms with van der Waals surface area (Å²) in [6.07, 6.45) is 3.78. The lowest BCUT2D eigenvalue weighted by Crippen LogP contribution is -2.23. The molecule has 2 nitrogen and oxygen atoms in total. The lowest BCUT2D eigenvalue weighted by atomic mass is 9.81. The average molecular weight is 215 g/mol. The van der Waals surface area contributed by atoms with Crippen molar-refractivity contribution in [1.82, 2.24) is 0 Å². The third-order valence-corrected chi connectivity index (χ3v) is 3.43. The van der Waals surface area contributed by atoms with Crippen LogP contribution in [0.25, 0.3) is 0 Å². The van der Waals surface area contributed by atoms with E-state index in [2.05, 4.69) is 31.0 Å². The summed E-state index contributed by atoms with van der Waals surface area (Å²) in [5.74, 6) is 0.831. The van der Waals surface area contributed by atoms with E-state index in [-0.39, 0.29) is 5.54 Å². The van der Waals surface area contributed by atoms with Crippen molar-refractivity contribution in [2.45, 2.75) is 38.1 Å². The number of isocyanates is 1. The van der Waals surface area contributed by atoms with Crippen molar-refractivity contribution >= 4 is 6.08 Å². The van der Waals surface area contributed by atoms with Gasteiger partial charge in [0, 0.05) is 5.92 Å². The summed E-state index contributed by atoms with van der Waals surface area (Å²) in [5.41, 5.74) is 1.13. The maximum absolute atomic E-state index is 10.5. The second kappa shape index (κ2) is 4.23. The second-order valence-corrected chi connectivity index (χ2v) is 4.94. The topological polar surface area (TPSA) is 29.4 Å². The molecule has 0 bridgehead atoms. The molecule has 0 N–H and O–H groups in total. The second-order valence-electron chi connectivity index (χ2n) is 4.94. The molecule has 1 saturated carbocycles. The van der Waals surface area contributed by atoms with Crippen LogP contribution in [0.5, 0.6) is 0 Å². The smallest absolute Gasteiger partial charge is 0.211 e. The molecule has 1 aromatic carbocycles. The molecule has 0 amide bonds. The molecule has 0 aliphatic heterocycles. The molecule has 0 heterocycles. The van der Waals surface area contributed by atoms with Crippen molar-refractivity contribution in [3.05, 3.63) is 35.9 Å². The quantitative estimate of drug-likeness (QED) is 0.559. The minimum Gasteiger partial charge on any atom is -0.211 e. The molecule has 0 saturated heterocycles. The Morgan fingerprint density at radius 3 is 2.31 bits per heavy atom. The molecular formula is C14H17NO. The van der Waals surface area contributed by atoms with Gasteiger partial charge >= 0.3 is 0 Å². The fourth-order valence-corrected chi connectivity index (χ4v) is 2.69. The van der Waals surface area contributed by atoms with Gasteiger partial charge in [-0.1, -0.05) is 44.2 Å². The van der Waals surface area contributed by atoms with E-state index in [1.807, 2.05) is 18.2 Å². The largest absolute Gasteiger partial charge is 0.235 e. The highest BCUT2D eigenvalue weighted by atomic mass is 16.1. The van der Waals surface area contributed by atoms with Crippen LogP contribution in [0.15, 0.2) is 35.3 Å². The Morgan fingerprint density at radius 1 is 1.25 bits per heavy atom. The van der Waals surface area contributed by atoms with Crippen LogP contribution in [-0.2, 0) is 4.79 Å². The first-order valence-corrected chi connectivity index (χ1v) is 5.83. The van der Waals surface area contributed by atoms with E-state index in [0.717, 1.165) is 12.8 Å². The standard InChI is InChI=1S/C14H17NO/c1-11(2)13(12-6-4-3-5-7-12)14(8-9-14)15-10-16/h3-7,11,13H,8-9H2,1-2H3. The Balaban J connectivity index is 2.36. The molecular weight excluding hydrogens is 198 g/mol. The summed E-state index contributed by atoms with van der Waals surface area (Å²) in [5, 5.41) is 0. The number of aliphatic imine (C=N–C) groups is 1. The van der Waals surface area contributed by atoms with E-state index in [1.54, 1.807) is 6.08 Å². The summed E-state index contributed by atoms with van der Waals surface area (Å²) in [6.45, 7) is 4.39.